The van der Waals surface area contributed by atoms with Gasteiger partial charge in [0.15, 0.2) is 0 Å². The monoisotopic (exact) mass is 465 g/mol. The van der Waals surface area contributed by atoms with Crippen LogP contribution in [0.3, 0.4) is 0 Å². The number of aromatic nitrogens is 1. The van der Waals surface area contributed by atoms with Crippen molar-refractivity contribution >= 4 is 33.4 Å². The third-order valence-corrected chi connectivity index (χ3v) is 7.34. The molecule has 4 rings (SSSR count). The second kappa shape index (κ2) is 10.3. The van der Waals surface area contributed by atoms with Gasteiger partial charge in [-0.2, -0.15) is 0 Å². The van der Waals surface area contributed by atoms with Gasteiger partial charge in [-0.25, -0.2) is 4.98 Å². The second-order valence-electron chi connectivity index (χ2n) is 8.54. The van der Waals surface area contributed by atoms with Gasteiger partial charge >= 0.3 is 0 Å². The van der Waals surface area contributed by atoms with Gasteiger partial charge in [0, 0.05) is 25.6 Å². The first kappa shape index (κ1) is 23.2. The Morgan fingerprint density at radius 1 is 1.21 bits per heavy atom. The van der Waals surface area contributed by atoms with Crippen LogP contribution in [0, 0.1) is 5.92 Å². The predicted molar refractivity (Wildman–Crippen MR) is 131 cm³/mol. The summed E-state index contributed by atoms with van der Waals surface area (Å²) < 4.78 is 6.75. The number of piperidine rings is 1. The fourth-order valence-electron chi connectivity index (χ4n) is 4.65. The van der Waals surface area contributed by atoms with Crippen LogP contribution in [0.1, 0.15) is 49.2 Å². The van der Waals surface area contributed by atoms with E-state index in [-0.39, 0.29) is 23.8 Å². The van der Waals surface area contributed by atoms with Crippen LogP contribution in [0.4, 0.5) is 0 Å². The van der Waals surface area contributed by atoms with Crippen LogP contribution in [0.2, 0.25) is 0 Å². The average molecular weight is 466 g/mol. The Morgan fingerprint density at radius 2 is 1.97 bits per heavy atom. The molecule has 174 valence electrons. The molecule has 2 heterocycles. The highest BCUT2D eigenvalue weighted by molar-refractivity contribution is 7.18. The molecule has 2 unspecified atom stereocenters. The number of hydrogen-bond acceptors (Lipinski definition) is 5. The molecule has 6 nitrogen and oxygen atoms in total. The summed E-state index contributed by atoms with van der Waals surface area (Å²) in [7, 11) is 3.47. The van der Waals surface area contributed by atoms with E-state index in [1.54, 1.807) is 23.3 Å². The van der Waals surface area contributed by atoms with Gasteiger partial charge in [-0.15, -0.1) is 11.3 Å². The summed E-state index contributed by atoms with van der Waals surface area (Å²) >= 11 is 1.62. The Kier molecular flexibility index (Phi) is 7.28. The molecule has 2 atom stereocenters. The number of para-hydroxylation sites is 2. The molecule has 1 saturated heterocycles. The zero-order valence-electron chi connectivity index (χ0n) is 19.5. The molecule has 1 aromatic heterocycles. The largest absolute Gasteiger partial charge is 0.496 e. The number of amides is 2. The maximum atomic E-state index is 13.8. The van der Waals surface area contributed by atoms with Gasteiger partial charge in [0.1, 0.15) is 10.8 Å². The number of hydrogen-bond donors (Lipinski definition) is 0. The molecule has 0 radical (unpaired) electrons. The van der Waals surface area contributed by atoms with Gasteiger partial charge < -0.3 is 14.5 Å². The van der Waals surface area contributed by atoms with E-state index in [2.05, 4.69) is 6.92 Å². The Hall–Kier alpha value is -2.93. The van der Waals surface area contributed by atoms with E-state index in [0.717, 1.165) is 33.6 Å². The lowest BCUT2D eigenvalue weighted by atomic mass is 9.82. The van der Waals surface area contributed by atoms with Crippen molar-refractivity contribution in [3.63, 3.8) is 0 Å². The van der Waals surface area contributed by atoms with E-state index in [0.29, 0.717) is 31.7 Å². The Balaban J connectivity index is 1.63. The molecule has 7 heteroatoms. The van der Waals surface area contributed by atoms with Crippen molar-refractivity contribution in [2.75, 3.05) is 20.7 Å². The molecule has 3 aromatic rings. The van der Waals surface area contributed by atoms with E-state index in [4.69, 9.17) is 9.72 Å². The number of rotatable bonds is 8. The van der Waals surface area contributed by atoms with Crippen molar-refractivity contribution < 1.29 is 14.3 Å². The van der Waals surface area contributed by atoms with Gasteiger partial charge in [-0.1, -0.05) is 43.7 Å². The van der Waals surface area contributed by atoms with Crippen molar-refractivity contribution in [1.29, 1.82) is 0 Å². The summed E-state index contributed by atoms with van der Waals surface area (Å²) in [5.41, 5.74) is 1.86. The zero-order valence-corrected chi connectivity index (χ0v) is 20.3. The molecule has 0 spiro atoms. The quantitative estimate of drug-likeness (QED) is 0.467. The van der Waals surface area contributed by atoms with Gasteiger partial charge in [0.05, 0.1) is 35.8 Å². The van der Waals surface area contributed by atoms with Crippen LogP contribution in [0.5, 0.6) is 5.75 Å². The number of ether oxygens (including phenoxy) is 1. The number of carbonyl (C=O) groups excluding carboxylic acids is 2. The summed E-state index contributed by atoms with van der Waals surface area (Å²) in [6.07, 6.45) is 2.81. The topological polar surface area (TPSA) is 62.7 Å². The number of methoxy groups -OCH3 is 1. The number of benzene rings is 2. The summed E-state index contributed by atoms with van der Waals surface area (Å²) in [6, 6.07) is 15.4. The van der Waals surface area contributed by atoms with Crippen molar-refractivity contribution in [1.82, 2.24) is 14.8 Å². The molecule has 0 N–H and O–H groups in total. The SMILES string of the molecule is CCCCN1C(=O)CCC(C(=O)N(C)Cc2nc3ccccc3s2)C1c1ccccc1OC. The fourth-order valence-corrected chi connectivity index (χ4v) is 5.67. The average Bonchev–Trinajstić information content (AvgIpc) is 3.24. The minimum absolute atomic E-state index is 0.0409. The third kappa shape index (κ3) is 4.88. The van der Waals surface area contributed by atoms with Crippen LogP contribution in [0.15, 0.2) is 48.5 Å². The molecule has 0 saturated carbocycles. The van der Waals surface area contributed by atoms with E-state index in [1.807, 2.05) is 60.5 Å². The minimum Gasteiger partial charge on any atom is -0.496 e. The molecule has 33 heavy (non-hydrogen) atoms. The summed E-state index contributed by atoms with van der Waals surface area (Å²) in [5, 5.41) is 0.913. The first-order valence-electron chi connectivity index (χ1n) is 11.5. The van der Waals surface area contributed by atoms with Gasteiger partial charge in [0.25, 0.3) is 0 Å². The number of fused-ring (bicyclic) bond motifs is 1. The van der Waals surface area contributed by atoms with E-state index >= 15 is 0 Å². The van der Waals surface area contributed by atoms with Crippen LogP contribution in [0.25, 0.3) is 10.2 Å². The molecule has 2 aromatic carbocycles. The van der Waals surface area contributed by atoms with E-state index in [9.17, 15) is 9.59 Å². The zero-order chi connectivity index (χ0) is 23.4. The standard InChI is InChI=1S/C26H31N3O3S/c1-4-5-16-29-24(30)15-14-19(25(29)18-10-6-8-12-21(18)32-3)26(31)28(2)17-23-27-20-11-7-9-13-22(20)33-23/h6-13,19,25H,4-5,14-17H2,1-3H3. The Labute approximate surface area is 199 Å². The number of nitrogens with zero attached hydrogens (tertiary/aromatic N) is 3. The van der Waals surface area contributed by atoms with E-state index in [1.165, 1.54) is 0 Å². The normalized spacial score (nSPS) is 18.5. The molecular formula is C26H31N3O3S. The van der Waals surface area contributed by atoms with Gasteiger partial charge in [-0.3, -0.25) is 9.59 Å². The number of carbonyl (C=O) groups is 2. The Morgan fingerprint density at radius 3 is 2.73 bits per heavy atom. The van der Waals surface area contributed by atoms with Gasteiger partial charge in [0.2, 0.25) is 11.8 Å². The summed E-state index contributed by atoms with van der Waals surface area (Å²) in [6.45, 7) is 3.21. The first-order valence-corrected chi connectivity index (χ1v) is 12.4. The number of unbranched alkanes of at least 4 members (excludes halogenated alkanes) is 1. The van der Waals surface area contributed by atoms with Crippen LogP contribution in [-0.2, 0) is 16.1 Å². The maximum absolute atomic E-state index is 13.8. The first-order chi connectivity index (χ1) is 16.0. The lowest BCUT2D eigenvalue weighted by molar-refractivity contribution is -0.147. The highest BCUT2D eigenvalue weighted by Gasteiger charge is 2.42. The highest BCUT2D eigenvalue weighted by atomic mass is 32.1. The highest BCUT2D eigenvalue weighted by Crippen LogP contribution is 2.41. The number of thiazole rings is 1. The lowest BCUT2D eigenvalue weighted by Gasteiger charge is -2.42. The van der Waals surface area contributed by atoms with Crippen molar-refractivity contribution in [3.8, 4) is 5.75 Å². The van der Waals surface area contributed by atoms with Crippen molar-refractivity contribution in [2.45, 2.75) is 45.2 Å². The minimum atomic E-state index is -0.334. The molecule has 2 amide bonds. The third-order valence-electron chi connectivity index (χ3n) is 6.32. The number of likely N-dealkylation sites (tertiary alicyclic amines) is 1. The predicted octanol–water partition coefficient (Wildman–Crippen LogP) is 5.04. The van der Waals surface area contributed by atoms with Crippen molar-refractivity contribution in [2.24, 2.45) is 5.92 Å². The summed E-state index contributed by atoms with van der Waals surface area (Å²) in [5.74, 6) is 0.539. The lowest BCUT2D eigenvalue weighted by Crippen LogP contribution is -2.48. The summed E-state index contributed by atoms with van der Waals surface area (Å²) in [4.78, 5) is 35.1. The van der Waals surface area contributed by atoms with Crippen molar-refractivity contribution in [3.05, 3.63) is 59.1 Å². The molecule has 0 bridgehead atoms. The smallest absolute Gasteiger partial charge is 0.228 e. The fraction of sp³-hybridized carbons (Fsp3) is 0.423. The molecule has 0 aliphatic carbocycles. The van der Waals surface area contributed by atoms with Crippen LogP contribution in [-0.4, -0.2) is 47.3 Å². The molecule has 1 fully saturated rings. The molecule has 1 aliphatic heterocycles. The van der Waals surface area contributed by atoms with E-state index < -0.39 is 0 Å². The Bertz CT molecular complexity index is 1100. The van der Waals surface area contributed by atoms with Gasteiger partial charge in [-0.05, 0) is 31.0 Å². The molecular weight excluding hydrogens is 434 g/mol. The molecule has 1 aliphatic rings. The van der Waals surface area contributed by atoms with Crippen LogP contribution >= 0.6 is 11.3 Å². The maximum Gasteiger partial charge on any atom is 0.228 e. The van der Waals surface area contributed by atoms with Crippen LogP contribution < -0.4 is 4.74 Å². The second-order valence-corrected chi connectivity index (χ2v) is 9.66.